The Morgan fingerprint density at radius 1 is 1.43 bits per heavy atom. The molecule has 8 heteroatoms. The van der Waals surface area contributed by atoms with E-state index in [1.165, 1.54) is 10.7 Å². The average Bonchev–Trinajstić information content (AvgIpc) is 2.44. The van der Waals surface area contributed by atoms with Crippen LogP contribution in [-0.4, -0.2) is 46.3 Å². The molecule has 1 aromatic heterocycles. The fraction of sp³-hybridized carbons (Fsp3) is 0.667. The Labute approximate surface area is 135 Å². The average molecular weight is 326 g/mol. The third-order valence-corrected chi connectivity index (χ3v) is 2.79. The van der Waals surface area contributed by atoms with Gasteiger partial charge in [-0.05, 0) is 26.7 Å². The second-order valence-corrected chi connectivity index (χ2v) is 6.41. The van der Waals surface area contributed by atoms with Crippen LogP contribution >= 0.6 is 0 Å². The topological polar surface area (TPSA) is 105 Å². The molecule has 8 nitrogen and oxygen atoms in total. The summed E-state index contributed by atoms with van der Waals surface area (Å²) >= 11 is 0. The van der Waals surface area contributed by atoms with Crippen LogP contribution in [0.4, 0.5) is 10.5 Å². The lowest BCUT2D eigenvalue weighted by Gasteiger charge is -2.19. The van der Waals surface area contributed by atoms with Gasteiger partial charge >= 0.3 is 6.09 Å². The molecule has 1 rings (SSSR count). The van der Waals surface area contributed by atoms with Gasteiger partial charge in [-0.15, -0.1) is 0 Å². The zero-order chi connectivity index (χ0) is 17.5. The summed E-state index contributed by atoms with van der Waals surface area (Å²) in [5.74, 6) is -0.0305. The molecule has 0 aliphatic heterocycles. The van der Waals surface area contributed by atoms with Gasteiger partial charge in [0.2, 0.25) is 0 Å². The third-order valence-electron chi connectivity index (χ3n) is 2.79. The van der Waals surface area contributed by atoms with Crippen LogP contribution in [-0.2, 0) is 11.3 Å². The van der Waals surface area contributed by atoms with Crippen molar-refractivity contribution in [2.24, 2.45) is 5.92 Å². The van der Waals surface area contributed by atoms with Gasteiger partial charge in [-0.3, -0.25) is 4.79 Å². The van der Waals surface area contributed by atoms with Crippen molar-refractivity contribution >= 4 is 11.8 Å². The molecule has 23 heavy (non-hydrogen) atoms. The quantitative estimate of drug-likeness (QED) is 0.640. The Kier molecular flexibility index (Phi) is 7.02. The van der Waals surface area contributed by atoms with Crippen molar-refractivity contribution in [2.45, 2.75) is 39.8 Å². The van der Waals surface area contributed by atoms with Crippen LogP contribution < -0.4 is 16.2 Å². The van der Waals surface area contributed by atoms with E-state index in [9.17, 15) is 9.59 Å². The van der Waals surface area contributed by atoms with Crippen LogP contribution in [0, 0.1) is 5.92 Å². The summed E-state index contributed by atoms with van der Waals surface area (Å²) in [6.45, 7) is 8.40. The molecule has 1 unspecified atom stereocenters. The number of nitrogens with zero attached hydrogens (tertiary/aromatic N) is 2. The van der Waals surface area contributed by atoms with E-state index < -0.39 is 11.7 Å². The predicted molar refractivity (Wildman–Crippen MR) is 87.5 cm³/mol. The van der Waals surface area contributed by atoms with E-state index in [-0.39, 0.29) is 18.1 Å². The first kappa shape index (κ1) is 19.0. The maximum Gasteiger partial charge on any atom is 0.407 e. The van der Waals surface area contributed by atoms with Gasteiger partial charge in [-0.1, -0.05) is 6.92 Å². The number of carbonyl (C=O) groups excluding carboxylic acids is 1. The summed E-state index contributed by atoms with van der Waals surface area (Å²) in [6, 6.07) is 1.44. The number of aliphatic hydroxyl groups is 1. The van der Waals surface area contributed by atoms with Crippen LogP contribution in [0.15, 0.2) is 17.1 Å². The number of nitrogens with one attached hydrogen (secondary N) is 2. The van der Waals surface area contributed by atoms with Gasteiger partial charge in [-0.2, -0.15) is 5.10 Å². The zero-order valence-electron chi connectivity index (χ0n) is 14.1. The Hall–Kier alpha value is -2.09. The molecule has 1 atom stereocenters. The van der Waals surface area contributed by atoms with Crippen molar-refractivity contribution in [3.8, 4) is 0 Å². The van der Waals surface area contributed by atoms with Crippen LogP contribution in [0.5, 0.6) is 0 Å². The number of anilines is 1. The Morgan fingerprint density at radius 2 is 2.13 bits per heavy atom. The summed E-state index contributed by atoms with van der Waals surface area (Å²) in [4.78, 5) is 23.3. The van der Waals surface area contributed by atoms with E-state index in [1.807, 2.05) is 6.92 Å². The number of carbonyl (C=O) groups is 1. The van der Waals surface area contributed by atoms with E-state index >= 15 is 0 Å². The summed E-state index contributed by atoms with van der Waals surface area (Å²) in [5, 5.41) is 18.7. The van der Waals surface area contributed by atoms with E-state index in [4.69, 9.17) is 9.84 Å². The fourth-order valence-electron chi connectivity index (χ4n) is 1.71. The molecule has 3 N–H and O–H groups in total. The Balaban J connectivity index is 2.40. The van der Waals surface area contributed by atoms with Crippen molar-refractivity contribution in [1.82, 2.24) is 15.1 Å². The molecule has 0 saturated heterocycles. The highest BCUT2D eigenvalue weighted by Crippen LogP contribution is 2.06. The second-order valence-electron chi connectivity index (χ2n) is 6.41. The molecule has 0 bridgehead atoms. The first-order valence-electron chi connectivity index (χ1n) is 7.60. The minimum atomic E-state index is -0.530. The monoisotopic (exact) mass is 326 g/mol. The smallest absolute Gasteiger partial charge is 0.407 e. The van der Waals surface area contributed by atoms with Crippen molar-refractivity contribution < 1.29 is 14.6 Å². The van der Waals surface area contributed by atoms with Gasteiger partial charge < -0.3 is 20.5 Å². The third kappa shape index (κ3) is 7.64. The number of rotatable bonds is 7. The zero-order valence-corrected chi connectivity index (χ0v) is 14.1. The molecule has 1 aromatic rings. The summed E-state index contributed by atoms with van der Waals surface area (Å²) < 4.78 is 6.42. The molecule has 0 aliphatic carbocycles. The van der Waals surface area contributed by atoms with Gasteiger partial charge in [-0.25, -0.2) is 9.48 Å². The first-order valence-corrected chi connectivity index (χ1v) is 7.60. The van der Waals surface area contributed by atoms with E-state index in [0.29, 0.717) is 25.3 Å². The first-order chi connectivity index (χ1) is 10.7. The number of alkyl carbamates (subject to hydrolysis) is 1. The van der Waals surface area contributed by atoms with Crippen LogP contribution in [0.25, 0.3) is 0 Å². The van der Waals surface area contributed by atoms with Gasteiger partial charge in [0.05, 0.1) is 11.9 Å². The minimum absolute atomic E-state index is 0.00442. The second kappa shape index (κ2) is 8.52. The maximum atomic E-state index is 11.9. The SMILES string of the molecule is CC(CO)Cn1ncc(NCCNC(=O)OC(C)(C)C)cc1=O. The molecule has 0 aromatic carbocycles. The van der Waals surface area contributed by atoms with E-state index in [1.54, 1.807) is 27.0 Å². The molecule has 130 valence electrons. The summed E-state index contributed by atoms with van der Waals surface area (Å²) in [7, 11) is 0. The van der Waals surface area contributed by atoms with Gasteiger partial charge in [0.1, 0.15) is 5.60 Å². The highest BCUT2D eigenvalue weighted by molar-refractivity contribution is 5.67. The van der Waals surface area contributed by atoms with E-state index in [0.717, 1.165) is 0 Å². The molecule has 0 saturated carbocycles. The molecule has 0 spiro atoms. The molecule has 1 amide bonds. The van der Waals surface area contributed by atoms with Crippen LogP contribution in [0.1, 0.15) is 27.7 Å². The summed E-state index contributed by atoms with van der Waals surface area (Å²) in [6.07, 6.45) is 1.06. The number of aliphatic hydroxyl groups excluding tert-OH is 1. The number of aromatic nitrogens is 2. The molecular weight excluding hydrogens is 300 g/mol. The number of ether oxygens (including phenoxy) is 1. The van der Waals surface area contributed by atoms with Gasteiger partial charge in [0.25, 0.3) is 5.56 Å². The van der Waals surface area contributed by atoms with E-state index in [2.05, 4.69) is 15.7 Å². The highest BCUT2D eigenvalue weighted by Gasteiger charge is 2.15. The Bertz CT molecular complexity index is 565. The van der Waals surface area contributed by atoms with Crippen molar-refractivity contribution in [1.29, 1.82) is 0 Å². The standard InChI is InChI=1S/C15H26N4O4/c1-11(10-20)9-19-13(21)7-12(8-18-19)16-5-6-17-14(22)23-15(2,3)4/h7-8,11,16,20H,5-6,9-10H2,1-4H3,(H,17,22). The Morgan fingerprint density at radius 3 is 2.70 bits per heavy atom. The van der Waals surface area contributed by atoms with Crippen molar-refractivity contribution in [3.05, 3.63) is 22.6 Å². The number of hydrogen-bond donors (Lipinski definition) is 3. The largest absolute Gasteiger partial charge is 0.444 e. The minimum Gasteiger partial charge on any atom is -0.444 e. The molecular formula is C15H26N4O4. The summed E-state index contributed by atoms with van der Waals surface area (Å²) in [5.41, 5.74) is -0.193. The van der Waals surface area contributed by atoms with Crippen LogP contribution in [0.2, 0.25) is 0 Å². The lowest BCUT2D eigenvalue weighted by molar-refractivity contribution is 0.0530. The number of amides is 1. The number of hydrogen-bond acceptors (Lipinski definition) is 6. The fourth-order valence-corrected chi connectivity index (χ4v) is 1.71. The van der Waals surface area contributed by atoms with Crippen molar-refractivity contribution in [3.63, 3.8) is 0 Å². The lowest BCUT2D eigenvalue weighted by atomic mass is 10.2. The predicted octanol–water partition coefficient (Wildman–Crippen LogP) is 0.808. The van der Waals surface area contributed by atoms with Gasteiger partial charge in [0.15, 0.2) is 0 Å². The van der Waals surface area contributed by atoms with Crippen molar-refractivity contribution in [2.75, 3.05) is 25.0 Å². The normalized spacial score (nSPS) is 12.6. The van der Waals surface area contributed by atoms with Crippen LogP contribution in [0.3, 0.4) is 0 Å². The molecule has 0 aliphatic rings. The highest BCUT2D eigenvalue weighted by atomic mass is 16.6. The molecule has 0 radical (unpaired) electrons. The van der Waals surface area contributed by atoms with Gasteiger partial charge in [0, 0.05) is 32.3 Å². The maximum absolute atomic E-state index is 11.9. The molecule has 1 heterocycles. The molecule has 0 fully saturated rings. The lowest BCUT2D eigenvalue weighted by Crippen LogP contribution is -2.35.